The Labute approximate surface area is 106 Å². The highest BCUT2D eigenvalue weighted by molar-refractivity contribution is 5.85. The Kier molecular flexibility index (Phi) is 3.59. The molecule has 1 saturated heterocycles. The van der Waals surface area contributed by atoms with Crippen molar-refractivity contribution in [3.63, 3.8) is 0 Å². The molecule has 0 aromatic carbocycles. The summed E-state index contributed by atoms with van der Waals surface area (Å²) in [4.78, 5) is 24.4. The summed E-state index contributed by atoms with van der Waals surface area (Å²) < 4.78 is 0. The maximum atomic E-state index is 12.1. The van der Waals surface area contributed by atoms with Crippen LogP contribution in [0.25, 0.3) is 0 Å². The predicted octanol–water partition coefficient (Wildman–Crippen LogP) is -0.306. The number of aliphatic hydroxyl groups excluding tert-OH is 1. The van der Waals surface area contributed by atoms with E-state index in [1.807, 2.05) is 0 Å². The molecule has 18 heavy (non-hydrogen) atoms. The zero-order chi connectivity index (χ0) is 13.3. The van der Waals surface area contributed by atoms with Gasteiger partial charge >= 0.3 is 5.97 Å². The van der Waals surface area contributed by atoms with Gasteiger partial charge in [-0.25, -0.2) is 4.79 Å². The fraction of sp³-hybridized carbons (Fsp3) is 0.833. The molecule has 1 saturated carbocycles. The Morgan fingerprint density at radius 2 is 1.94 bits per heavy atom. The number of hydrogen-bond donors (Lipinski definition) is 3. The van der Waals surface area contributed by atoms with Crippen molar-refractivity contribution in [3.05, 3.63) is 0 Å². The van der Waals surface area contributed by atoms with E-state index >= 15 is 0 Å². The number of aliphatic carboxylic acids is 1. The normalized spacial score (nSPS) is 30.7. The Bertz CT molecular complexity index is 352. The van der Waals surface area contributed by atoms with Gasteiger partial charge in [0.05, 0.1) is 6.10 Å². The molecule has 102 valence electrons. The van der Waals surface area contributed by atoms with Crippen LogP contribution >= 0.6 is 0 Å². The van der Waals surface area contributed by atoms with Gasteiger partial charge in [0.15, 0.2) is 0 Å². The third kappa shape index (κ3) is 2.64. The van der Waals surface area contributed by atoms with Gasteiger partial charge in [0.25, 0.3) is 0 Å². The van der Waals surface area contributed by atoms with Crippen molar-refractivity contribution in [2.45, 2.75) is 56.2 Å². The van der Waals surface area contributed by atoms with Crippen molar-refractivity contribution in [1.29, 1.82) is 0 Å². The van der Waals surface area contributed by atoms with Gasteiger partial charge in [0, 0.05) is 24.9 Å². The molecule has 2 aliphatic rings. The van der Waals surface area contributed by atoms with Crippen LogP contribution in [0, 0.1) is 0 Å². The second-order valence-electron chi connectivity index (χ2n) is 5.54. The molecule has 0 spiro atoms. The molecule has 0 unspecified atom stereocenters. The van der Waals surface area contributed by atoms with Crippen molar-refractivity contribution in [2.75, 3.05) is 6.54 Å². The molecular weight excluding hydrogens is 236 g/mol. The number of carboxylic acids is 1. The van der Waals surface area contributed by atoms with Crippen molar-refractivity contribution in [2.24, 2.45) is 5.73 Å². The summed E-state index contributed by atoms with van der Waals surface area (Å²) in [7, 11) is 0. The molecule has 1 heterocycles. The number of carbonyl (C=O) groups is 2. The van der Waals surface area contributed by atoms with E-state index in [0.29, 0.717) is 0 Å². The third-order valence-corrected chi connectivity index (χ3v) is 3.99. The van der Waals surface area contributed by atoms with Gasteiger partial charge in [-0.1, -0.05) is 12.8 Å². The number of carbonyl (C=O) groups excluding carboxylic acids is 1. The second kappa shape index (κ2) is 4.85. The summed E-state index contributed by atoms with van der Waals surface area (Å²) in [6, 6.07) is -0.905. The molecule has 2 rings (SSSR count). The number of rotatable bonds is 3. The molecule has 6 nitrogen and oxygen atoms in total. The van der Waals surface area contributed by atoms with E-state index in [4.69, 9.17) is 10.8 Å². The number of nitrogens with zero attached hydrogens (tertiary/aromatic N) is 1. The SMILES string of the molecule is NC1(CC(=O)N2C[C@@H](O)C[C@H]2C(=O)O)CCCC1. The highest BCUT2D eigenvalue weighted by atomic mass is 16.4. The first-order chi connectivity index (χ1) is 8.41. The van der Waals surface area contributed by atoms with Crippen LogP contribution in [0.4, 0.5) is 0 Å². The van der Waals surface area contributed by atoms with E-state index in [9.17, 15) is 14.7 Å². The summed E-state index contributed by atoms with van der Waals surface area (Å²) in [6.07, 6.45) is 3.22. The molecule has 6 heteroatoms. The molecule has 4 N–H and O–H groups in total. The van der Waals surface area contributed by atoms with Crippen LogP contribution < -0.4 is 5.73 Å². The third-order valence-electron chi connectivity index (χ3n) is 3.99. The standard InChI is InChI=1S/C12H20N2O4/c13-12(3-1-2-4-12)6-10(16)14-7-8(15)5-9(14)11(17)18/h8-9,15H,1-7,13H2,(H,17,18)/t8-,9-/m0/s1. The van der Waals surface area contributed by atoms with Gasteiger partial charge in [0.2, 0.25) is 5.91 Å². The number of β-amino-alcohol motifs (C(OH)–C–C–N with tert-alkyl or cyclic N) is 1. The molecule has 0 aromatic rings. The quantitative estimate of drug-likeness (QED) is 0.643. The van der Waals surface area contributed by atoms with E-state index in [0.717, 1.165) is 25.7 Å². The van der Waals surface area contributed by atoms with Crippen molar-refractivity contribution in [3.8, 4) is 0 Å². The average Bonchev–Trinajstić information content (AvgIpc) is 2.85. The van der Waals surface area contributed by atoms with E-state index in [-0.39, 0.29) is 25.3 Å². The Morgan fingerprint density at radius 3 is 2.50 bits per heavy atom. The van der Waals surface area contributed by atoms with E-state index in [2.05, 4.69) is 0 Å². The first kappa shape index (κ1) is 13.3. The number of carboxylic acid groups (broad SMARTS) is 1. The highest BCUT2D eigenvalue weighted by Gasteiger charge is 2.41. The lowest BCUT2D eigenvalue weighted by molar-refractivity contribution is -0.148. The molecule has 0 aromatic heterocycles. The van der Waals surface area contributed by atoms with E-state index in [1.54, 1.807) is 0 Å². The lowest BCUT2D eigenvalue weighted by Crippen LogP contribution is -2.47. The Hall–Kier alpha value is -1.14. The lowest BCUT2D eigenvalue weighted by Gasteiger charge is -2.28. The number of aliphatic hydroxyl groups is 1. The second-order valence-corrected chi connectivity index (χ2v) is 5.54. The predicted molar refractivity (Wildman–Crippen MR) is 63.8 cm³/mol. The van der Waals surface area contributed by atoms with Crippen molar-refractivity contribution < 1.29 is 19.8 Å². The van der Waals surface area contributed by atoms with E-state index < -0.39 is 23.7 Å². The number of amides is 1. The van der Waals surface area contributed by atoms with Crippen LogP contribution in [0.1, 0.15) is 38.5 Å². The maximum absolute atomic E-state index is 12.1. The molecule has 0 radical (unpaired) electrons. The van der Waals surface area contributed by atoms with Gasteiger partial charge in [-0.3, -0.25) is 4.79 Å². The average molecular weight is 256 g/mol. The van der Waals surface area contributed by atoms with Gasteiger partial charge in [-0.15, -0.1) is 0 Å². The van der Waals surface area contributed by atoms with Gasteiger partial charge in [-0.2, -0.15) is 0 Å². The summed E-state index contributed by atoms with van der Waals surface area (Å²) in [5.74, 6) is -1.30. The van der Waals surface area contributed by atoms with Crippen LogP contribution in [0.5, 0.6) is 0 Å². The fourth-order valence-electron chi connectivity index (χ4n) is 2.98. The topological polar surface area (TPSA) is 104 Å². The molecule has 2 atom stereocenters. The molecule has 0 bridgehead atoms. The van der Waals surface area contributed by atoms with E-state index in [1.165, 1.54) is 4.90 Å². The largest absolute Gasteiger partial charge is 0.480 e. The molecule has 1 aliphatic carbocycles. The minimum absolute atomic E-state index is 0.103. The van der Waals surface area contributed by atoms with Gasteiger partial charge in [0.1, 0.15) is 6.04 Å². The van der Waals surface area contributed by atoms with Gasteiger partial charge in [-0.05, 0) is 12.8 Å². The smallest absolute Gasteiger partial charge is 0.326 e. The first-order valence-electron chi connectivity index (χ1n) is 6.40. The molecule has 1 aliphatic heterocycles. The molecule has 2 fully saturated rings. The maximum Gasteiger partial charge on any atom is 0.326 e. The summed E-state index contributed by atoms with van der Waals surface area (Å²) in [6.45, 7) is 0.103. The lowest BCUT2D eigenvalue weighted by atomic mass is 9.94. The number of likely N-dealkylation sites (tertiary alicyclic amines) is 1. The van der Waals surface area contributed by atoms with Crippen molar-refractivity contribution >= 4 is 11.9 Å². The van der Waals surface area contributed by atoms with Crippen LogP contribution in [-0.4, -0.2) is 51.2 Å². The minimum Gasteiger partial charge on any atom is -0.480 e. The monoisotopic (exact) mass is 256 g/mol. The van der Waals surface area contributed by atoms with Crippen LogP contribution in [0.15, 0.2) is 0 Å². The zero-order valence-electron chi connectivity index (χ0n) is 10.3. The number of nitrogens with two attached hydrogens (primary N) is 1. The number of hydrogen-bond acceptors (Lipinski definition) is 4. The van der Waals surface area contributed by atoms with Crippen LogP contribution in [0.3, 0.4) is 0 Å². The summed E-state index contributed by atoms with van der Waals surface area (Å²) in [5.41, 5.74) is 5.65. The Balaban J connectivity index is 2.01. The summed E-state index contributed by atoms with van der Waals surface area (Å²) >= 11 is 0. The minimum atomic E-state index is -1.06. The van der Waals surface area contributed by atoms with Crippen LogP contribution in [-0.2, 0) is 9.59 Å². The van der Waals surface area contributed by atoms with Crippen molar-refractivity contribution in [1.82, 2.24) is 4.90 Å². The molecule has 1 amide bonds. The van der Waals surface area contributed by atoms with Crippen LogP contribution in [0.2, 0.25) is 0 Å². The fourth-order valence-corrected chi connectivity index (χ4v) is 2.98. The summed E-state index contributed by atoms with van der Waals surface area (Å²) in [5, 5.41) is 18.5. The molecular formula is C12H20N2O4. The van der Waals surface area contributed by atoms with Gasteiger partial charge < -0.3 is 20.8 Å². The highest BCUT2D eigenvalue weighted by Crippen LogP contribution is 2.31. The Morgan fingerprint density at radius 1 is 1.33 bits per heavy atom. The zero-order valence-corrected chi connectivity index (χ0v) is 10.3. The first-order valence-corrected chi connectivity index (χ1v) is 6.40.